The third-order valence-corrected chi connectivity index (χ3v) is 5.14. The molecule has 25 heavy (non-hydrogen) atoms. The molecule has 0 amide bonds. The zero-order valence-electron chi connectivity index (χ0n) is 14.2. The number of hydrogen-bond acceptors (Lipinski definition) is 4. The number of thioether (sulfide) groups is 1. The minimum Gasteiger partial charge on any atom is -0.357 e. The van der Waals surface area contributed by atoms with Crippen molar-refractivity contribution in [1.82, 2.24) is 14.5 Å². The van der Waals surface area contributed by atoms with E-state index in [1.165, 1.54) is 12.1 Å². The van der Waals surface area contributed by atoms with E-state index in [0.717, 1.165) is 32.0 Å². The molecule has 0 atom stereocenters. The minimum absolute atomic E-state index is 0.0000273. The maximum absolute atomic E-state index is 12.4. The first-order valence-corrected chi connectivity index (χ1v) is 8.86. The summed E-state index contributed by atoms with van der Waals surface area (Å²) in [6.07, 6.45) is 5.51. The van der Waals surface area contributed by atoms with Gasteiger partial charge in [0.25, 0.3) is 0 Å². The highest BCUT2D eigenvalue weighted by molar-refractivity contribution is 8.00. The molecule has 1 aromatic heterocycles. The lowest BCUT2D eigenvalue weighted by molar-refractivity contribution is -0.0328. The van der Waals surface area contributed by atoms with Gasteiger partial charge < -0.3 is 9.47 Å². The normalized spacial score (nSPS) is 18.0. The van der Waals surface area contributed by atoms with Crippen LogP contribution in [-0.2, 0) is 6.54 Å². The lowest BCUT2D eigenvalue weighted by Crippen LogP contribution is -2.41. The molecule has 136 valence electrons. The van der Waals surface area contributed by atoms with Crippen molar-refractivity contribution in [3.63, 3.8) is 0 Å². The van der Waals surface area contributed by atoms with E-state index in [9.17, 15) is 13.2 Å². The van der Waals surface area contributed by atoms with E-state index in [4.69, 9.17) is 0 Å². The van der Waals surface area contributed by atoms with Crippen molar-refractivity contribution in [2.24, 2.45) is 0 Å². The third-order valence-electron chi connectivity index (χ3n) is 4.40. The third kappa shape index (κ3) is 4.70. The van der Waals surface area contributed by atoms with Crippen molar-refractivity contribution >= 4 is 17.4 Å². The second-order valence-corrected chi connectivity index (χ2v) is 7.90. The molecule has 4 nitrogen and oxygen atoms in total. The molecule has 0 N–H and O–H groups in total. The van der Waals surface area contributed by atoms with E-state index >= 15 is 0 Å². The number of nitrogens with zero attached hydrogens (tertiary/aromatic N) is 4. The minimum atomic E-state index is -4.25. The first-order chi connectivity index (χ1) is 11.7. The quantitative estimate of drug-likeness (QED) is 0.741. The van der Waals surface area contributed by atoms with Gasteiger partial charge in [-0.05, 0) is 49.9 Å². The zero-order valence-corrected chi connectivity index (χ0v) is 15.0. The Hall–Kier alpha value is -1.67. The van der Waals surface area contributed by atoms with Crippen LogP contribution in [0, 0.1) is 0 Å². The molecule has 1 saturated heterocycles. The van der Waals surface area contributed by atoms with Gasteiger partial charge in [0.2, 0.25) is 0 Å². The van der Waals surface area contributed by atoms with Crippen LogP contribution in [0.2, 0.25) is 0 Å². The number of aromatic nitrogens is 2. The summed E-state index contributed by atoms with van der Waals surface area (Å²) in [4.78, 5) is 8.85. The predicted molar refractivity (Wildman–Crippen MR) is 93.6 cm³/mol. The van der Waals surface area contributed by atoms with Crippen LogP contribution in [0.5, 0.6) is 0 Å². The molecular formula is C17H21F3N4S. The lowest BCUT2D eigenvalue weighted by atomic mass is 10.1. The van der Waals surface area contributed by atoms with Crippen molar-refractivity contribution in [3.05, 3.63) is 43.0 Å². The van der Waals surface area contributed by atoms with Crippen molar-refractivity contribution < 1.29 is 13.2 Å². The first kappa shape index (κ1) is 18.1. The SMILES string of the molecule is CC1(C)CN(c2ccc(SC(F)(F)F)cc2)CN1CCn1ccnc1. The smallest absolute Gasteiger partial charge is 0.357 e. The summed E-state index contributed by atoms with van der Waals surface area (Å²) in [7, 11) is 0. The number of hydrogen-bond donors (Lipinski definition) is 0. The predicted octanol–water partition coefficient (Wildman–Crippen LogP) is 4.05. The van der Waals surface area contributed by atoms with E-state index in [1.807, 2.05) is 10.8 Å². The molecule has 1 fully saturated rings. The second-order valence-electron chi connectivity index (χ2n) is 6.76. The van der Waals surface area contributed by atoms with E-state index < -0.39 is 5.51 Å². The highest BCUT2D eigenvalue weighted by Crippen LogP contribution is 2.38. The summed E-state index contributed by atoms with van der Waals surface area (Å²) in [5.74, 6) is 0. The molecule has 2 aromatic rings. The van der Waals surface area contributed by atoms with Gasteiger partial charge in [-0.2, -0.15) is 13.2 Å². The lowest BCUT2D eigenvalue weighted by Gasteiger charge is -2.29. The largest absolute Gasteiger partial charge is 0.446 e. The van der Waals surface area contributed by atoms with Gasteiger partial charge in [0.05, 0.1) is 13.0 Å². The van der Waals surface area contributed by atoms with Crippen LogP contribution >= 0.6 is 11.8 Å². The molecule has 1 aliphatic heterocycles. The molecule has 8 heteroatoms. The Morgan fingerprint density at radius 1 is 1.16 bits per heavy atom. The molecule has 0 aliphatic carbocycles. The van der Waals surface area contributed by atoms with Gasteiger partial charge in [-0.25, -0.2) is 4.98 Å². The molecule has 1 aromatic carbocycles. The molecule has 3 rings (SSSR count). The molecule has 0 spiro atoms. The fourth-order valence-electron chi connectivity index (χ4n) is 3.07. The summed E-state index contributed by atoms with van der Waals surface area (Å²) < 4.78 is 39.4. The maximum Gasteiger partial charge on any atom is 0.446 e. The van der Waals surface area contributed by atoms with Crippen LogP contribution in [0.15, 0.2) is 47.9 Å². The van der Waals surface area contributed by atoms with Crippen molar-refractivity contribution in [3.8, 4) is 0 Å². The summed E-state index contributed by atoms with van der Waals surface area (Å²) >= 11 is -0.0787. The number of alkyl halides is 3. The average Bonchev–Trinajstić information content (AvgIpc) is 3.12. The van der Waals surface area contributed by atoms with E-state index in [1.54, 1.807) is 24.7 Å². The molecule has 0 bridgehead atoms. The standard InChI is InChI=1S/C17H21F3N4S/c1-16(2)11-23(13-24(16)10-9-22-8-7-21-12-22)14-3-5-15(6-4-14)25-17(18,19)20/h3-8,12H,9-11,13H2,1-2H3. The molecule has 0 saturated carbocycles. The zero-order chi connectivity index (χ0) is 18.1. The van der Waals surface area contributed by atoms with Crippen molar-refractivity contribution in [2.45, 2.75) is 36.3 Å². The maximum atomic E-state index is 12.4. The summed E-state index contributed by atoms with van der Waals surface area (Å²) in [6, 6.07) is 6.61. The Morgan fingerprint density at radius 2 is 1.88 bits per heavy atom. The fourth-order valence-corrected chi connectivity index (χ4v) is 3.61. The van der Waals surface area contributed by atoms with Crippen LogP contribution in [0.3, 0.4) is 0 Å². The van der Waals surface area contributed by atoms with Gasteiger partial charge in [0, 0.05) is 48.1 Å². The number of halogens is 3. The van der Waals surface area contributed by atoms with Crippen LogP contribution < -0.4 is 4.90 Å². The van der Waals surface area contributed by atoms with Crippen molar-refractivity contribution in [1.29, 1.82) is 0 Å². The molecule has 0 radical (unpaired) electrons. The van der Waals surface area contributed by atoms with Gasteiger partial charge in [-0.1, -0.05) is 0 Å². The van der Waals surface area contributed by atoms with Crippen LogP contribution in [-0.4, -0.2) is 45.3 Å². The second kappa shape index (κ2) is 6.92. The van der Waals surface area contributed by atoms with Crippen LogP contribution in [0.1, 0.15) is 13.8 Å². The Labute approximate surface area is 149 Å². The first-order valence-electron chi connectivity index (χ1n) is 8.04. The van der Waals surface area contributed by atoms with Gasteiger partial charge in [0.1, 0.15) is 0 Å². The molecule has 1 aliphatic rings. The molecular weight excluding hydrogens is 349 g/mol. The van der Waals surface area contributed by atoms with Gasteiger partial charge in [0.15, 0.2) is 0 Å². The number of rotatable bonds is 5. The van der Waals surface area contributed by atoms with Gasteiger partial charge >= 0.3 is 5.51 Å². The Balaban J connectivity index is 1.63. The summed E-state index contributed by atoms with van der Waals surface area (Å²) in [6.45, 7) is 7.72. The van der Waals surface area contributed by atoms with E-state index in [-0.39, 0.29) is 22.2 Å². The number of benzene rings is 1. The Morgan fingerprint density at radius 3 is 2.48 bits per heavy atom. The summed E-state index contributed by atoms with van der Waals surface area (Å²) in [5.41, 5.74) is -3.30. The summed E-state index contributed by atoms with van der Waals surface area (Å²) in [5, 5.41) is 0. The fraction of sp³-hybridized carbons (Fsp3) is 0.471. The highest BCUT2D eigenvalue weighted by Gasteiger charge is 2.36. The van der Waals surface area contributed by atoms with Crippen LogP contribution in [0.4, 0.5) is 18.9 Å². The average molecular weight is 370 g/mol. The monoisotopic (exact) mass is 370 g/mol. The Kier molecular flexibility index (Phi) is 5.02. The Bertz CT molecular complexity index is 683. The van der Waals surface area contributed by atoms with E-state index in [0.29, 0.717) is 0 Å². The van der Waals surface area contributed by atoms with Crippen molar-refractivity contribution in [2.75, 3.05) is 24.7 Å². The van der Waals surface area contributed by atoms with Crippen LogP contribution in [0.25, 0.3) is 0 Å². The highest BCUT2D eigenvalue weighted by atomic mass is 32.2. The van der Waals surface area contributed by atoms with E-state index in [2.05, 4.69) is 28.6 Å². The number of imidazole rings is 1. The molecule has 0 unspecified atom stereocenters. The van der Waals surface area contributed by atoms with Gasteiger partial charge in [-0.3, -0.25) is 4.90 Å². The topological polar surface area (TPSA) is 24.3 Å². The molecule has 2 heterocycles. The van der Waals surface area contributed by atoms with Gasteiger partial charge in [-0.15, -0.1) is 0 Å². The number of anilines is 1.